The Morgan fingerprint density at radius 1 is 1.15 bits per heavy atom. The topological polar surface area (TPSA) is 61.9 Å². The van der Waals surface area contributed by atoms with Gasteiger partial charge in [-0.2, -0.15) is 0 Å². The van der Waals surface area contributed by atoms with Crippen molar-refractivity contribution in [2.75, 3.05) is 52.5 Å². The van der Waals surface area contributed by atoms with Crippen LogP contribution in [0.25, 0.3) is 0 Å². The normalized spacial score (nSPS) is 21.8. The van der Waals surface area contributed by atoms with Crippen LogP contribution in [0, 0.1) is 5.92 Å². The van der Waals surface area contributed by atoms with E-state index in [1.54, 1.807) is 0 Å². The molecular weight excluding hydrogens is 258 g/mol. The molecular formula is C14H25N3O3. The zero-order valence-corrected chi connectivity index (χ0v) is 12.3. The second-order valence-electron chi connectivity index (χ2n) is 5.44. The number of carbonyl (C=O) groups is 2. The number of rotatable bonds is 4. The van der Waals surface area contributed by atoms with Crippen LogP contribution in [0.2, 0.25) is 0 Å². The Morgan fingerprint density at radius 3 is 2.40 bits per heavy atom. The van der Waals surface area contributed by atoms with Crippen LogP contribution in [-0.4, -0.2) is 74.1 Å². The van der Waals surface area contributed by atoms with Crippen LogP contribution < -0.4 is 5.32 Å². The first-order chi connectivity index (χ1) is 9.70. The summed E-state index contributed by atoms with van der Waals surface area (Å²) in [6.07, 6.45) is 1.71. The quantitative estimate of drug-likeness (QED) is 0.769. The van der Waals surface area contributed by atoms with Gasteiger partial charge in [-0.15, -0.1) is 0 Å². The second-order valence-corrected chi connectivity index (χ2v) is 5.44. The number of amides is 2. The lowest BCUT2D eigenvalue weighted by atomic mass is 9.95. The van der Waals surface area contributed by atoms with Crippen molar-refractivity contribution in [1.29, 1.82) is 0 Å². The number of hydrogen-bond acceptors (Lipinski definition) is 4. The van der Waals surface area contributed by atoms with Gasteiger partial charge in [0, 0.05) is 25.6 Å². The number of piperidine rings is 1. The van der Waals surface area contributed by atoms with Gasteiger partial charge in [-0.3, -0.25) is 14.5 Å². The van der Waals surface area contributed by atoms with Crippen molar-refractivity contribution in [1.82, 2.24) is 15.1 Å². The number of carbonyl (C=O) groups excluding carboxylic acids is 2. The lowest BCUT2D eigenvalue weighted by molar-refractivity contribution is -0.141. The molecule has 0 spiro atoms. The third-order valence-corrected chi connectivity index (χ3v) is 4.00. The summed E-state index contributed by atoms with van der Waals surface area (Å²) in [6, 6.07) is 0. The average molecular weight is 283 g/mol. The van der Waals surface area contributed by atoms with E-state index in [9.17, 15) is 9.59 Å². The lowest BCUT2D eigenvalue weighted by Crippen LogP contribution is -2.48. The first-order valence-corrected chi connectivity index (χ1v) is 7.56. The molecule has 2 aliphatic rings. The van der Waals surface area contributed by atoms with Gasteiger partial charge < -0.3 is 15.0 Å². The van der Waals surface area contributed by atoms with E-state index in [1.165, 1.54) is 0 Å². The van der Waals surface area contributed by atoms with E-state index in [2.05, 4.69) is 10.2 Å². The molecule has 6 nitrogen and oxygen atoms in total. The van der Waals surface area contributed by atoms with Crippen LogP contribution in [0.3, 0.4) is 0 Å². The minimum Gasteiger partial charge on any atom is -0.378 e. The Morgan fingerprint density at radius 2 is 1.80 bits per heavy atom. The van der Waals surface area contributed by atoms with Crippen LogP contribution in [0.15, 0.2) is 0 Å². The fourth-order valence-corrected chi connectivity index (χ4v) is 2.84. The molecule has 0 radical (unpaired) electrons. The number of morpholine rings is 1. The predicted octanol–water partition coefficient (Wildman–Crippen LogP) is -0.307. The fourth-order valence-electron chi connectivity index (χ4n) is 2.84. The van der Waals surface area contributed by atoms with E-state index in [4.69, 9.17) is 4.74 Å². The number of hydrogen-bond donors (Lipinski definition) is 1. The van der Waals surface area contributed by atoms with E-state index in [0.29, 0.717) is 26.3 Å². The number of likely N-dealkylation sites (N-methyl/N-ethyl adjacent to an activating group) is 1. The van der Waals surface area contributed by atoms with E-state index in [-0.39, 0.29) is 17.7 Å². The fraction of sp³-hybridized carbons (Fsp3) is 0.857. The second kappa shape index (κ2) is 7.59. The number of likely N-dealkylation sites (tertiary alicyclic amines) is 1. The molecule has 2 fully saturated rings. The molecule has 2 heterocycles. The van der Waals surface area contributed by atoms with Crippen molar-refractivity contribution in [2.45, 2.75) is 19.8 Å². The summed E-state index contributed by atoms with van der Waals surface area (Å²) in [5.74, 6) is 0.468. The predicted molar refractivity (Wildman–Crippen MR) is 75.2 cm³/mol. The molecule has 0 aliphatic carbocycles. The Bertz CT molecular complexity index is 335. The highest BCUT2D eigenvalue weighted by molar-refractivity contribution is 5.79. The largest absolute Gasteiger partial charge is 0.378 e. The van der Waals surface area contributed by atoms with Crippen LogP contribution in [0.1, 0.15) is 19.8 Å². The third kappa shape index (κ3) is 4.18. The monoisotopic (exact) mass is 283 g/mol. The van der Waals surface area contributed by atoms with Gasteiger partial charge in [0.1, 0.15) is 0 Å². The summed E-state index contributed by atoms with van der Waals surface area (Å²) in [4.78, 5) is 27.9. The summed E-state index contributed by atoms with van der Waals surface area (Å²) < 4.78 is 5.27. The van der Waals surface area contributed by atoms with Gasteiger partial charge in [0.25, 0.3) is 0 Å². The minimum absolute atomic E-state index is 0.0745. The molecule has 1 N–H and O–H groups in total. The Hall–Kier alpha value is -1.14. The number of nitrogens with zero attached hydrogens (tertiary/aromatic N) is 2. The number of ether oxygens (including phenoxy) is 1. The lowest BCUT2D eigenvalue weighted by Gasteiger charge is -2.35. The van der Waals surface area contributed by atoms with Gasteiger partial charge in [0.15, 0.2) is 0 Å². The van der Waals surface area contributed by atoms with E-state index in [0.717, 1.165) is 39.0 Å². The molecule has 0 aromatic rings. The van der Waals surface area contributed by atoms with Gasteiger partial charge >= 0.3 is 0 Å². The molecule has 0 atom stereocenters. The summed E-state index contributed by atoms with van der Waals surface area (Å²) >= 11 is 0. The van der Waals surface area contributed by atoms with Crippen LogP contribution in [0.5, 0.6) is 0 Å². The van der Waals surface area contributed by atoms with Crippen molar-refractivity contribution in [3.63, 3.8) is 0 Å². The zero-order valence-electron chi connectivity index (χ0n) is 12.3. The molecule has 20 heavy (non-hydrogen) atoms. The van der Waals surface area contributed by atoms with Crippen molar-refractivity contribution < 1.29 is 14.3 Å². The van der Waals surface area contributed by atoms with Crippen LogP contribution in [0.4, 0.5) is 0 Å². The molecule has 2 aliphatic heterocycles. The van der Waals surface area contributed by atoms with Crippen molar-refractivity contribution in [2.24, 2.45) is 5.92 Å². The molecule has 114 valence electrons. The Balaban J connectivity index is 1.73. The molecule has 0 aromatic heterocycles. The SMILES string of the molecule is CCNC(=O)CN1CCC(C(=O)N2CCOCC2)CC1. The Labute approximate surface area is 120 Å². The van der Waals surface area contributed by atoms with Gasteiger partial charge in [0.2, 0.25) is 11.8 Å². The maximum absolute atomic E-state index is 12.4. The molecule has 2 saturated heterocycles. The zero-order chi connectivity index (χ0) is 14.4. The highest BCUT2D eigenvalue weighted by atomic mass is 16.5. The highest BCUT2D eigenvalue weighted by Crippen LogP contribution is 2.20. The van der Waals surface area contributed by atoms with E-state index < -0.39 is 0 Å². The molecule has 0 aromatic carbocycles. The first kappa shape index (κ1) is 15.3. The summed E-state index contributed by atoms with van der Waals surface area (Å²) in [6.45, 7) is 7.46. The third-order valence-electron chi connectivity index (χ3n) is 4.00. The minimum atomic E-state index is 0.0745. The van der Waals surface area contributed by atoms with E-state index in [1.807, 2.05) is 11.8 Å². The molecule has 0 unspecified atom stereocenters. The summed E-state index contributed by atoms with van der Waals surface area (Å²) in [5.41, 5.74) is 0. The van der Waals surface area contributed by atoms with Gasteiger partial charge in [-0.1, -0.05) is 0 Å². The van der Waals surface area contributed by atoms with E-state index >= 15 is 0 Å². The van der Waals surface area contributed by atoms with Gasteiger partial charge in [-0.25, -0.2) is 0 Å². The van der Waals surface area contributed by atoms with Crippen molar-refractivity contribution in [3.05, 3.63) is 0 Å². The average Bonchev–Trinajstić information content (AvgIpc) is 2.48. The first-order valence-electron chi connectivity index (χ1n) is 7.56. The molecule has 2 amide bonds. The molecule has 2 rings (SSSR count). The molecule has 0 saturated carbocycles. The maximum Gasteiger partial charge on any atom is 0.234 e. The standard InChI is InChI=1S/C14H25N3O3/c1-2-15-13(18)11-16-5-3-12(4-6-16)14(19)17-7-9-20-10-8-17/h12H,2-11H2,1H3,(H,15,18). The Kier molecular flexibility index (Phi) is 5.79. The highest BCUT2D eigenvalue weighted by Gasteiger charge is 2.29. The smallest absolute Gasteiger partial charge is 0.234 e. The van der Waals surface area contributed by atoms with Crippen molar-refractivity contribution >= 4 is 11.8 Å². The van der Waals surface area contributed by atoms with Gasteiger partial charge in [0.05, 0.1) is 19.8 Å². The van der Waals surface area contributed by atoms with Crippen LogP contribution in [-0.2, 0) is 14.3 Å². The summed E-state index contributed by atoms with van der Waals surface area (Å²) in [7, 11) is 0. The maximum atomic E-state index is 12.4. The van der Waals surface area contributed by atoms with Crippen molar-refractivity contribution in [3.8, 4) is 0 Å². The number of nitrogens with one attached hydrogen (secondary N) is 1. The van der Waals surface area contributed by atoms with Crippen LogP contribution >= 0.6 is 0 Å². The van der Waals surface area contributed by atoms with Gasteiger partial charge in [-0.05, 0) is 32.9 Å². The molecule has 0 bridgehead atoms. The molecule has 6 heteroatoms. The summed E-state index contributed by atoms with van der Waals surface area (Å²) in [5, 5.41) is 2.81.